The van der Waals surface area contributed by atoms with Crippen molar-refractivity contribution in [1.29, 1.82) is 0 Å². The molecule has 2 aliphatic rings. The first-order chi connectivity index (χ1) is 18.9. The van der Waals surface area contributed by atoms with Gasteiger partial charge in [0.25, 0.3) is 0 Å². The average Bonchev–Trinajstić information content (AvgIpc) is 3.38. The molecule has 0 amide bonds. The molecule has 2 N–H and O–H groups in total. The highest BCUT2D eigenvalue weighted by molar-refractivity contribution is 5.77. The van der Waals surface area contributed by atoms with Gasteiger partial charge in [0, 0.05) is 61.8 Å². The fourth-order valence-electron chi connectivity index (χ4n) is 5.66. The fraction of sp³-hybridized carbons (Fsp3) is 0.414. The number of hydrogen-bond acceptors (Lipinski definition) is 6. The molecule has 7 nitrogen and oxygen atoms in total. The lowest BCUT2D eigenvalue weighted by atomic mass is 9.98. The molecule has 1 saturated heterocycles. The number of halogens is 3. The molecule has 6 rings (SSSR count). The van der Waals surface area contributed by atoms with Crippen LogP contribution in [0.25, 0.3) is 22.4 Å². The lowest BCUT2D eigenvalue weighted by Crippen LogP contribution is -2.42. The summed E-state index contributed by atoms with van der Waals surface area (Å²) in [6.45, 7) is 2.80. The highest BCUT2D eigenvalue weighted by Gasteiger charge is 2.40. The van der Waals surface area contributed by atoms with Crippen molar-refractivity contribution >= 4 is 16.9 Å². The third-order valence-corrected chi connectivity index (χ3v) is 7.86. The van der Waals surface area contributed by atoms with Gasteiger partial charge in [-0.2, -0.15) is 13.2 Å². The lowest BCUT2D eigenvalue weighted by molar-refractivity contribution is -0.175. The van der Waals surface area contributed by atoms with Gasteiger partial charge in [0.15, 0.2) is 5.82 Å². The number of hydrogen-bond donors (Lipinski definition) is 2. The van der Waals surface area contributed by atoms with Crippen LogP contribution in [0.1, 0.15) is 30.0 Å². The van der Waals surface area contributed by atoms with Crippen molar-refractivity contribution in [3.63, 3.8) is 0 Å². The summed E-state index contributed by atoms with van der Waals surface area (Å²) >= 11 is 0. The van der Waals surface area contributed by atoms with Gasteiger partial charge in [0.05, 0.1) is 5.92 Å². The molecule has 0 bridgehead atoms. The number of alkyl halides is 3. The second-order valence-corrected chi connectivity index (χ2v) is 10.5. The summed E-state index contributed by atoms with van der Waals surface area (Å²) in [5, 5.41) is 7.30. The maximum absolute atomic E-state index is 14.0. The van der Waals surface area contributed by atoms with Crippen molar-refractivity contribution < 1.29 is 13.2 Å². The molecular formula is C29H32F3N7. The molecule has 1 aromatic carbocycles. The molecule has 0 aliphatic carbocycles. The standard InChI is InChI=1S/C29H32F3N7/c30-29(31,32)24(19-38-13-8-20-3-1-2-4-23(20)18-38)17-35-26-15-21(5-12-34-26)27-36-16-22-9-14-39(28(22)37-27)25-6-10-33-11-7-25/h1-5,9,12,14-16,24-25,33H,6-8,10-11,13,17-19H2,(H,34,35). The summed E-state index contributed by atoms with van der Waals surface area (Å²) in [4.78, 5) is 15.5. The quantitative estimate of drug-likeness (QED) is 0.345. The molecule has 5 heterocycles. The zero-order chi connectivity index (χ0) is 26.8. The monoisotopic (exact) mass is 535 g/mol. The predicted molar refractivity (Wildman–Crippen MR) is 145 cm³/mol. The van der Waals surface area contributed by atoms with Crippen LogP contribution in [-0.4, -0.2) is 63.3 Å². The Morgan fingerprint density at radius 3 is 2.69 bits per heavy atom. The van der Waals surface area contributed by atoms with Crippen LogP contribution in [0.5, 0.6) is 0 Å². The average molecular weight is 536 g/mol. The van der Waals surface area contributed by atoms with Gasteiger partial charge in [-0.1, -0.05) is 24.3 Å². The smallest absolute Gasteiger partial charge is 0.369 e. The largest absolute Gasteiger partial charge is 0.394 e. The van der Waals surface area contributed by atoms with Crippen LogP contribution in [-0.2, 0) is 13.0 Å². The van der Waals surface area contributed by atoms with Crippen LogP contribution < -0.4 is 10.6 Å². The van der Waals surface area contributed by atoms with E-state index in [1.54, 1.807) is 24.5 Å². The highest BCUT2D eigenvalue weighted by Crippen LogP contribution is 2.30. The van der Waals surface area contributed by atoms with Gasteiger partial charge in [0.1, 0.15) is 11.5 Å². The van der Waals surface area contributed by atoms with Gasteiger partial charge in [-0.25, -0.2) is 15.0 Å². The fourth-order valence-corrected chi connectivity index (χ4v) is 5.66. The minimum atomic E-state index is -4.32. The molecule has 204 valence electrons. The van der Waals surface area contributed by atoms with Crippen LogP contribution in [0.3, 0.4) is 0 Å². The Balaban J connectivity index is 1.16. The normalized spacial score (nSPS) is 17.7. The van der Waals surface area contributed by atoms with E-state index in [4.69, 9.17) is 4.98 Å². The van der Waals surface area contributed by atoms with Crippen molar-refractivity contribution in [3.05, 3.63) is 72.2 Å². The molecule has 4 aromatic rings. The van der Waals surface area contributed by atoms with Crippen LogP contribution in [0, 0.1) is 5.92 Å². The van der Waals surface area contributed by atoms with Gasteiger partial charge >= 0.3 is 6.18 Å². The Labute approximate surface area is 225 Å². The van der Waals surface area contributed by atoms with Crippen LogP contribution in [0.2, 0.25) is 0 Å². The Kier molecular flexibility index (Phi) is 7.22. The first-order valence-corrected chi connectivity index (χ1v) is 13.5. The highest BCUT2D eigenvalue weighted by atomic mass is 19.4. The zero-order valence-electron chi connectivity index (χ0n) is 21.7. The molecule has 2 aliphatic heterocycles. The first-order valence-electron chi connectivity index (χ1n) is 13.5. The van der Waals surface area contributed by atoms with E-state index in [-0.39, 0.29) is 13.1 Å². The molecular weight excluding hydrogens is 503 g/mol. The summed E-state index contributed by atoms with van der Waals surface area (Å²) in [5.74, 6) is -0.613. The van der Waals surface area contributed by atoms with Crippen LogP contribution in [0.4, 0.5) is 19.0 Å². The first kappa shape index (κ1) is 25.8. The number of rotatable bonds is 7. The Hall–Kier alpha value is -3.50. The van der Waals surface area contributed by atoms with E-state index in [2.05, 4.69) is 37.4 Å². The zero-order valence-corrected chi connectivity index (χ0v) is 21.7. The second-order valence-electron chi connectivity index (χ2n) is 10.5. The summed E-state index contributed by atoms with van der Waals surface area (Å²) in [6.07, 6.45) is 3.98. The minimum absolute atomic E-state index is 0.0576. The molecule has 10 heteroatoms. The summed E-state index contributed by atoms with van der Waals surface area (Å²) in [7, 11) is 0. The molecule has 1 fully saturated rings. The number of aromatic nitrogens is 4. The van der Waals surface area contributed by atoms with Crippen molar-refractivity contribution in [2.75, 3.05) is 38.0 Å². The van der Waals surface area contributed by atoms with Gasteiger partial charge in [0.2, 0.25) is 0 Å². The number of pyridine rings is 1. The van der Waals surface area contributed by atoms with E-state index in [1.807, 2.05) is 29.2 Å². The van der Waals surface area contributed by atoms with E-state index >= 15 is 0 Å². The van der Waals surface area contributed by atoms with E-state index in [0.29, 0.717) is 36.3 Å². The molecule has 1 atom stereocenters. The maximum atomic E-state index is 14.0. The number of benzene rings is 1. The number of piperidine rings is 1. The summed E-state index contributed by atoms with van der Waals surface area (Å²) < 4.78 is 44.3. The maximum Gasteiger partial charge on any atom is 0.394 e. The minimum Gasteiger partial charge on any atom is -0.369 e. The van der Waals surface area contributed by atoms with Gasteiger partial charge in [-0.15, -0.1) is 0 Å². The Morgan fingerprint density at radius 2 is 1.87 bits per heavy atom. The number of nitrogens with zero attached hydrogens (tertiary/aromatic N) is 5. The lowest BCUT2D eigenvalue weighted by Gasteiger charge is -2.32. The van der Waals surface area contributed by atoms with Crippen LogP contribution in [0.15, 0.2) is 61.1 Å². The number of nitrogens with one attached hydrogen (secondary N) is 2. The molecule has 0 radical (unpaired) electrons. The van der Waals surface area contributed by atoms with E-state index in [1.165, 1.54) is 5.56 Å². The van der Waals surface area contributed by atoms with E-state index in [0.717, 1.165) is 48.9 Å². The van der Waals surface area contributed by atoms with Gasteiger partial charge in [-0.3, -0.25) is 4.90 Å². The Morgan fingerprint density at radius 1 is 1.05 bits per heavy atom. The van der Waals surface area contributed by atoms with Gasteiger partial charge < -0.3 is 15.2 Å². The number of anilines is 1. The summed E-state index contributed by atoms with van der Waals surface area (Å²) in [5.41, 5.74) is 3.91. The third kappa shape index (κ3) is 5.77. The SMILES string of the molecule is FC(F)(F)C(CNc1cc(-c2ncc3ccn(C4CCNCC4)c3n2)ccn1)CN1CCc2ccccc2C1. The van der Waals surface area contributed by atoms with Crippen LogP contribution >= 0.6 is 0 Å². The van der Waals surface area contributed by atoms with E-state index < -0.39 is 12.1 Å². The van der Waals surface area contributed by atoms with Crippen molar-refractivity contribution in [2.45, 2.75) is 38.0 Å². The van der Waals surface area contributed by atoms with Gasteiger partial charge in [-0.05, 0) is 61.7 Å². The van der Waals surface area contributed by atoms with Crippen molar-refractivity contribution in [3.8, 4) is 11.4 Å². The number of fused-ring (bicyclic) bond motifs is 2. The molecule has 0 saturated carbocycles. The van der Waals surface area contributed by atoms with Crippen molar-refractivity contribution in [1.82, 2.24) is 29.7 Å². The topological polar surface area (TPSA) is 70.9 Å². The molecule has 1 unspecified atom stereocenters. The van der Waals surface area contributed by atoms with Crippen molar-refractivity contribution in [2.24, 2.45) is 5.92 Å². The molecule has 0 spiro atoms. The predicted octanol–water partition coefficient (Wildman–Crippen LogP) is 5.07. The summed E-state index contributed by atoms with van der Waals surface area (Å²) in [6, 6.07) is 13.9. The molecule has 39 heavy (non-hydrogen) atoms. The van der Waals surface area contributed by atoms with E-state index in [9.17, 15) is 13.2 Å². The molecule has 3 aromatic heterocycles. The second kappa shape index (κ2) is 10.9. The third-order valence-electron chi connectivity index (χ3n) is 7.86. The Bertz CT molecular complexity index is 1430.